The molecule has 0 spiro atoms. The number of hydrogen-bond acceptors (Lipinski definition) is 4. The highest BCUT2D eigenvalue weighted by molar-refractivity contribution is 14.1. The van der Waals surface area contributed by atoms with Crippen LogP contribution in [0.15, 0.2) is 24.3 Å². The lowest BCUT2D eigenvalue weighted by Gasteiger charge is -2.13. The molecule has 0 aliphatic heterocycles. The van der Waals surface area contributed by atoms with E-state index in [9.17, 15) is 13.2 Å². The van der Waals surface area contributed by atoms with Crippen molar-refractivity contribution in [1.82, 2.24) is 9.97 Å². The van der Waals surface area contributed by atoms with E-state index in [4.69, 9.17) is 5.73 Å². The summed E-state index contributed by atoms with van der Waals surface area (Å²) < 4.78 is 42.0. The third-order valence-electron chi connectivity index (χ3n) is 2.63. The number of aromatic nitrogens is 2. The normalized spacial score (nSPS) is 11.5. The van der Waals surface area contributed by atoms with Gasteiger partial charge >= 0.3 is 6.36 Å². The number of nitrogens with two attached hydrogens (primary N) is 1. The van der Waals surface area contributed by atoms with Crippen molar-refractivity contribution in [1.29, 1.82) is 0 Å². The van der Waals surface area contributed by atoms with Crippen molar-refractivity contribution >= 4 is 28.4 Å². The predicted molar refractivity (Wildman–Crippen MR) is 80.7 cm³/mol. The van der Waals surface area contributed by atoms with Gasteiger partial charge in [-0.15, -0.1) is 13.2 Å². The average molecular weight is 409 g/mol. The van der Waals surface area contributed by atoms with Crippen molar-refractivity contribution in [2.24, 2.45) is 0 Å². The fraction of sp³-hybridized carbons (Fsp3) is 0.231. The standard InChI is InChI=1S/C13H11F3IN3O/c1-2-8-10(17)11(18)20-12(19-8)7-5-3-4-6-9(7)21-13(14,15)16/h3-6H,2H2,1H3,(H2,18,19,20). The van der Waals surface area contributed by atoms with Gasteiger partial charge in [-0.05, 0) is 41.1 Å². The minimum atomic E-state index is -4.78. The molecule has 0 radical (unpaired) electrons. The molecule has 4 nitrogen and oxygen atoms in total. The van der Waals surface area contributed by atoms with E-state index >= 15 is 0 Å². The molecule has 0 atom stereocenters. The monoisotopic (exact) mass is 409 g/mol. The summed E-state index contributed by atoms with van der Waals surface area (Å²) in [4.78, 5) is 8.32. The molecule has 1 heterocycles. The molecule has 2 aromatic rings. The molecule has 21 heavy (non-hydrogen) atoms. The zero-order valence-corrected chi connectivity index (χ0v) is 13.1. The lowest BCUT2D eigenvalue weighted by Crippen LogP contribution is -2.18. The van der Waals surface area contributed by atoms with E-state index in [1.807, 2.05) is 29.5 Å². The number of anilines is 1. The minimum Gasteiger partial charge on any atom is -0.405 e. The first kappa shape index (κ1) is 15.8. The molecule has 0 bridgehead atoms. The van der Waals surface area contributed by atoms with Crippen LogP contribution in [0.2, 0.25) is 0 Å². The third-order valence-corrected chi connectivity index (χ3v) is 3.81. The Kier molecular flexibility index (Phi) is 4.55. The lowest BCUT2D eigenvalue weighted by molar-refractivity contribution is -0.274. The van der Waals surface area contributed by atoms with Crippen LogP contribution >= 0.6 is 22.6 Å². The summed E-state index contributed by atoms with van der Waals surface area (Å²) in [6.07, 6.45) is -4.18. The van der Waals surface area contributed by atoms with Crippen LogP contribution in [0, 0.1) is 3.57 Å². The molecule has 1 aromatic heterocycles. The molecule has 0 aliphatic rings. The first-order valence-electron chi connectivity index (χ1n) is 5.99. The van der Waals surface area contributed by atoms with E-state index in [1.54, 1.807) is 6.07 Å². The second kappa shape index (κ2) is 6.04. The zero-order chi connectivity index (χ0) is 15.6. The third kappa shape index (κ3) is 3.74. The van der Waals surface area contributed by atoms with E-state index in [-0.39, 0.29) is 23.0 Å². The maximum Gasteiger partial charge on any atom is 0.573 e. The number of benzene rings is 1. The second-order valence-corrected chi connectivity index (χ2v) is 5.17. The minimum absolute atomic E-state index is 0.115. The van der Waals surface area contributed by atoms with Crippen LogP contribution in [0.1, 0.15) is 12.6 Å². The Hall–Kier alpha value is -1.58. The number of rotatable bonds is 3. The SMILES string of the molecule is CCc1nc(-c2ccccc2OC(F)(F)F)nc(N)c1I. The Morgan fingerprint density at radius 1 is 1.24 bits per heavy atom. The number of nitrogen functional groups attached to an aromatic ring is 1. The Bertz CT molecular complexity index is 662. The summed E-state index contributed by atoms with van der Waals surface area (Å²) >= 11 is 2.01. The van der Waals surface area contributed by atoms with Gasteiger partial charge in [-0.25, -0.2) is 9.97 Å². The number of hydrogen-bond donors (Lipinski definition) is 1. The van der Waals surface area contributed by atoms with Gasteiger partial charge in [0.1, 0.15) is 11.6 Å². The van der Waals surface area contributed by atoms with Gasteiger partial charge in [0.25, 0.3) is 0 Å². The maximum absolute atomic E-state index is 12.4. The van der Waals surface area contributed by atoms with Crippen molar-refractivity contribution in [2.45, 2.75) is 19.7 Å². The van der Waals surface area contributed by atoms with Crippen molar-refractivity contribution in [3.8, 4) is 17.1 Å². The number of halogens is 4. The topological polar surface area (TPSA) is 61.0 Å². The van der Waals surface area contributed by atoms with Crippen molar-refractivity contribution in [2.75, 3.05) is 5.73 Å². The van der Waals surface area contributed by atoms with Gasteiger partial charge in [0.15, 0.2) is 5.82 Å². The predicted octanol–water partition coefficient (Wildman–Crippen LogP) is 3.79. The van der Waals surface area contributed by atoms with E-state index in [2.05, 4.69) is 14.7 Å². The van der Waals surface area contributed by atoms with Crippen LogP contribution in [-0.2, 0) is 6.42 Å². The van der Waals surface area contributed by atoms with Gasteiger partial charge in [0.05, 0.1) is 14.8 Å². The van der Waals surface area contributed by atoms with E-state index in [0.717, 1.165) is 0 Å². The summed E-state index contributed by atoms with van der Waals surface area (Å²) in [7, 11) is 0. The van der Waals surface area contributed by atoms with Crippen LogP contribution in [0.5, 0.6) is 5.75 Å². The number of ether oxygens (including phenoxy) is 1. The van der Waals surface area contributed by atoms with E-state index in [1.165, 1.54) is 18.2 Å². The van der Waals surface area contributed by atoms with Crippen LogP contribution < -0.4 is 10.5 Å². The average Bonchev–Trinajstić information content (AvgIpc) is 2.40. The number of aryl methyl sites for hydroxylation is 1. The molecule has 2 rings (SSSR count). The van der Waals surface area contributed by atoms with Crippen molar-refractivity contribution < 1.29 is 17.9 Å². The fourth-order valence-electron chi connectivity index (χ4n) is 1.73. The Morgan fingerprint density at radius 2 is 1.90 bits per heavy atom. The molecule has 0 fully saturated rings. The van der Waals surface area contributed by atoms with Crippen LogP contribution in [-0.4, -0.2) is 16.3 Å². The highest BCUT2D eigenvalue weighted by Crippen LogP contribution is 2.33. The maximum atomic E-state index is 12.4. The quantitative estimate of drug-likeness (QED) is 0.784. The largest absolute Gasteiger partial charge is 0.573 e. The summed E-state index contributed by atoms with van der Waals surface area (Å²) in [5.74, 6) is -0.00320. The molecule has 112 valence electrons. The summed E-state index contributed by atoms with van der Waals surface area (Å²) in [5, 5.41) is 0. The molecule has 0 saturated carbocycles. The second-order valence-electron chi connectivity index (χ2n) is 4.09. The highest BCUT2D eigenvalue weighted by atomic mass is 127. The highest BCUT2D eigenvalue weighted by Gasteiger charge is 2.32. The molecular formula is C13H11F3IN3O. The Morgan fingerprint density at radius 3 is 2.52 bits per heavy atom. The molecule has 0 aliphatic carbocycles. The van der Waals surface area contributed by atoms with Gasteiger partial charge in [0.2, 0.25) is 0 Å². The lowest BCUT2D eigenvalue weighted by atomic mass is 10.2. The molecular weight excluding hydrogens is 398 g/mol. The van der Waals surface area contributed by atoms with Gasteiger partial charge in [-0.3, -0.25) is 0 Å². The van der Waals surface area contributed by atoms with Gasteiger partial charge in [-0.1, -0.05) is 19.1 Å². The van der Waals surface area contributed by atoms with Gasteiger partial charge < -0.3 is 10.5 Å². The molecule has 2 N–H and O–H groups in total. The zero-order valence-electron chi connectivity index (χ0n) is 10.9. The van der Waals surface area contributed by atoms with Gasteiger partial charge in [-0.2, -0.15) is 0 Å². The van der Waals surface area contributed by atoms with Crippen molar-refractivity contribution in [3.05, 3.63) is 33.5 Å². The van der Waals surface area contributed by atoms with Gasteiger partial charge in [0, 0.05) is 0 Å². The molecule has 0 saturated heterocycles. The van der Waals surface area contributed by atoms with Crippen LogP contribution in [0.4, 0.5) is 19.0 Å². The van der Waals surface area contributed by atoms with Crippen LogP contribution in [0.3, 0.4) is 0 Å². The van der Waals surface area contributed by atoms with E-state index < -0.39 is 6.36 Å². The summed E-state index contributed by atoms with van der Waals surface area (Å²) in [5.41, 5.74) is 6.62. The first-order chi connectivity index (χ1) is 9.81. The number of nitrogens with zero attached hydrogens (tertiary/aromatic N) is 2. The van der Waals surface area contributed by atoms with Crippen LogP contribution in [0.25, 0.3) is 11.4 Å². The summed E-state index contributed by atoms with van der Waals surface area (Å²) in [6.45, 7) is 1.88. The Balaban J connectivity index is 2.55. The smallest absolute Gasteiger partial charge is 0.405 e. The summed E-state index contributed by atoms with van der Waals surface area (Å²) in [6, 6.07) is 5.71. The fourth-order valence-corrected chi connectivity index (χ4v) is 2.36. The first-order valence-corrected chi connectivity index (χ1v) is 7.06. The molecule has 0 amide bonds. The number of para-hydroxylation sites is 1. The van der Waals surface area contributed by atoms with Crippen molar-refractivity contribution in [3.63, 3.8) is 0 Å². The Labute approximate surface area is 132 Å². The molecule has 1 aromatic carbocycles. The number of alkyl halides is 3. The molecule has 8 heteroatoms. The van der Waals surface area contributed by atoms with E-state index in [0.29, 0.717) is 15.7 Å². The molecule has 0 unspecified atom stereocenters.